The van der Waals surface area contributed by atoms with Gasteiger partial charge in [0.1, 0.15) is 5.75 Å². The first-order chi connectivity index (χ1) is 18.9. The van der Waals surface area contributed by atoms with Gasteiger partial charge in [0.05, 0.1) is 5.69 Å². The summed E-state index contributed by atoms with van der Waals surface area (Å²) in [6, 6.07) is 11.2. The van der Waals surface area contributed by atoms with Gasteiger partial charge in [-0.05, 0) is 55.7 Å². The summed E-state index contributed by atoms with van der Waals surface area (Å²) in [6.45, 7) is 4.05. The van der Waals surface area contributed by atoms with Gasteiger partial charge in [-0.3, -0.25) is 4.79 Å². The third-order valence-corrected chi connectivity index (χ3v) is 6.73. The SMILES string of the molecule is O=C(Nc1ccc(Nc2nc(NCCN3CCNC3=O)nc(N3CCCCC3)n2)cc1O)c1ccc(Cl)cc1. The number of halogens is 1. The zero-order valence-electron chi connectivity index (χ0n) is 21.3. The second-order valence-electron chi connectivity index (χ2n) is 9.29. The number of rotatable bonds is 9. The van der Waals surface area contributed by atoms with Crippen molar-refractivity contribution in [1.82, 2.24) is 25.2 Å². The molecule has 0 spiro atoms. The number of aromatic hydroxyl groups is 1. The Bertz CT molecular complexity index is 1330. The third kappa shape index (κ3) is 6.77. The maximum Gasteiger partial charge on any atom is 0.317 e. The molecule has 0 unspecified atom stereocenters. The van der Waals surface area contributed by atoms with Crippen molar-refractivity contribution >= 4 is 52.8 Å². The Morgan fingerprint density at radius 1 is 1.00 bits per heavy atom. The lowest BCUT2D eigenvalue weighted by Crippen LogP contribution is -2.33. The van der Waals surface area contributed by atoms with Crippen LogP contribution in [0.15, 0.2) is 42.5 Å². The van der Waals surface area contributed by atoms with E-state index in [4.69, 9.17) is 11.6 Å². The van der Waals surface area contributed by atoms with Crippen LogP contribution in [0.1, 0.15) is 29.6 Å². The Morgan fingerprint density at radius 3 is 2.49 bits per heavy atom. The van der Waals surface area contributed by atoms with E-state index >= 15 is 0 Å². The molecule has 13 heteroatoms. The van der Waals surface area contributed by atoms with Crippen LogP contribution in [0, 0.1) is 0 Å². The summed E-state index contributed by atoms with van der Waals surface area (Å²) in [7, 11) is 0. The Kier molecular flexibility index (Phi) is 8.11. The molecule has 0 aliphatic carbocycles. The van der Waals surface area contributed by atoms with Gasteiger partial charge in [0.15, 0.2) is 0 Å². The van der Waals surface area contributed by atoms with E-state index in [-0.39, 0.29) is 23.4 Å². The van der Waals surface area contributed by atoms with Crippen molar-refractivity contribution in [2.45, 2.75) is 19.3 Å². The van der Waals surface area contributed by atoms with Crippen LogP contribution in [-0.2, 0) is 0 Å². The van der Waals surface area contributed by atoms with E-state index < -0.39 is 0 Å². The molecule has 1 aromatic heterocycles. The molecule has 0 radical (unpaired) electrons. The molecule has 2 aromatic carbocycles. The number of benzene rings is 2. The molecule has 2 saturated heterocycles. The van der Waals surface area contributed by atoms with Gasteiger partial charge in [0, 0.05) is 61.6 Å². The lowest BCUT2D eigenvalue weighted by molar-refractivity contribution is 0.102. The van der Waals surface area contributed by atoms with Crippen LogP contribution in [0.25, 0.3) is 0 Å². The monoisotopic (exact) mass is 551 g/mol. The van der Waals surface area contributed by atoms with Gasteiger partial charge < -0.3 is 36.2 Å². The van der Waals surface area contributed by atoms with E-state index in [0.29, 0.717) is 60.3 Å². The van der Waals surface area contributed by atoms with Crippen molar-refractivity contribution in [3.8, 4) is 5.75 Å². The van der Waals surface area contributed by atoms with Crippen molar-refractivity contribution in [2.75, 3.05) is 60.1 Å². The largest absolute Gasteiger partial charge is 0.506 e. The minimum absolute atomic E-state index is 0.0728. The number of nitrogens with zero attached hydrogens (tertiary/aromatic N) is 5. The van der Waals surface area contributed by atoms with Crippen molar-refractivity contribution in [3.63, 3.8) is 0 Å². The second-order valence-corrected chi connectivity index (χ2v) is 9.73. The minimum atomic E-state index is -0.367. The maximum absolute atomic E-state index is 12.5. The van der Waals surface area contributed by atoms with Crippen molar-refractivity contribution in [1.29, 1.82) is 0 Å². The highest BCUT2D eigenvalue weighted by Crippen LogP contribution is 2.29. The number of anilines is 5. The van der Waals surface area contributed by atoms with Crippen LogP contribution in [0.5, 0.6) is 5.75 Å². The zero-order valence-corrected chi connectivity index (χ0v) is 22.0. The van der Waals surface area contributed by atoms with E-state index in [1.165, 1.54) is 12.5 Å². The van der Waals surface area contributed by atoms with Gasteiger partial charge in [-0.15, -0.1) is 0 Å². The summed E-state index contributed by atoms with van der Waals surface area (Å²) in [5.74, 6) is 0.779. The molecule has 5 N–H and O–H groups in total. The molecule has 39 heavy (non-hydrogen) atoms. The fourth-order valence-electron chi connectivity index (χ4n) is 4.40. The summed E-state index contributed by atoms with van der Waals surface area (Å²) in [5, 5.41) is 22.9. The van der Waals surface area contributed by atoms with Crippen LogP contribution in [0.4, 0.5) is 34.0 Å². The van der Waals surface area contributed by atoms with E-state index in [2.05, 4.69) is 41.1 Å². The molecule has 3 aromatic rings. The number of hydrogen-bond acceptors (Lipinski definition) is 9. The van der Waals surface area contributed by atoms with Crippen molar-refractivity contribution in [3.05, 3.63) is 53.1 Å². The highest BCUT2D eigenvalue weighted by molar-refractivity contribution is 6.30. The predicted octanol–water partition coefficient (Wildman–Crippen LogP) is 3.65. The van der Waals surface area contributed by atoms with Gasteiger partial charge in [-0.2, -0.15) is 15.0 Å². The highest BCUT2D eigenvalue weighted by Gasteiger charge is 2.20. The van der Waals surface area contributed by atoms with Crippen LogP contribution in [-0.4, -0.2) is 76.2 Å². The van der Waals surface area contributed by atoms with Crippen LogP contribution >= 0.6 is 11.6 Å². The summed E-state index contributed by atoms with van der Waals surface area (Å²) >= 11 is 5.89. The number of nitrogens with one attached hydrogen (secondary N) is 4. The predicted molar refractivity (Wildman–Crippen MR) is 150 cm³/mol. The number of aromatic nitrogens is 3. The van der Waals surface area contributed by atoms with Gasteiger partial charge in [-0.1, -0.05) is 11.6 Å². The first-order valence-corrected chi connectivity index (χ1v) is 13.3. The number of hydrogen-bond donors (Lipinski definition) is 5. The van der Waals surface area contributed by atoms with Crippen molar-refractivity contribution < 1.29 is 14.7 Å². The van der Waals surface area contributed by atoms with Gasteiger partial charge >= 0.3 is 6.03 Å². The molecule has 3 heterocycles. The minimum Gasteiger partial charge on any atom is -0.506 e. The molecule has 3 amide bonds. The Balaban J connectivity index is 1.29. The fourth-order valence-corrected chi connectivity index (χ4v) is 4.53. The Morgan fingerprint density at radius 2 is 1.77 bits per heavy atom. The van der Waals surface area contributed by atoms with E-state index in [1.807, 2.05) is 0 Å². The summed E-state index contributed by atoms with van der Waals surface area (Å²) in [5.41, 5.74) is 1.22. The first kappa shape index (κ1) is 26.3. The van der Waals surface area contributed by atoms with Gasteiger partial charge in [-0.25, -0.2) is 4.79 Å². The maximum atomic E-state index is 12.5. The third-order valence-electron chi connectivity index (χ3n) is 6.48. The Hall–Kier alpha value is -4.32. The molecule has 2 fully saturated rings. The van der Waals surface area contributed by atoms with E-state index in [0.717, 1.165) is 25.9 Å². The van der Waals surface area contributed by atoms with Crippen LogP contribution < -0.4 is 26.2 Å². The molecule has 204 valence electrons. The number of phenolic OH excluding ortho intramolecular Hbond substituents is 1. The molecule has 5 rings (SSSR count). The quantitative estimate of drug-likeness (QED) is 0.251. The van der Waals surface area contributed by atoms with E-state index in [1.54, 1.807) is 41.3 Å². The van der Waals surface area contributed by atoms with Crippen LogP contribution in [0.2, 0.25) is 5.02 Å². The molecule has 0 bridgehead atoms. The van der Waals surface area contributed by atoms with Gasteiger partial charge in [0.25, 0.3) is 5.91 Å². The molecule has 2 aliphatic rings. The summed E-state index contributed by atoms with van der Waals surface area (Å²) in [4.78, 5) is 41.9. The highest BCUT2D eigenvalue weighted by atomic mass is 35.5. The molecule has 0 atom stereocenters. The normalized spacial score (nSPS) is 15.2. The topological polar surface area (TPSA) is 148 Å². The smallest absolute Gasteiger partial charge is 0.317 e. The van der Waals surface area contributed by atoms with E-state index in [9.17, 15) is 14.7 Å². The number of carbonyl (C=O) groups excluding carboxylic acids is 2. The summed E-state index contributed by atoms with van der Waals surface area (Å²) < 4.78 is 0. The summed E-state index contributed by atoms with van der Waals surface area (Å²) in [6.07, 6.45) is 3.31. The average molecular weight is 552 g/mol. The molecular formula is C26H30ClN9O3. The zero-order chi connectivity index (χ0) is 27.2. The lowest BCUT2D eigenvalue weighted by atomic mass is 10.1. The number of urea groups is 1. The molecule has 0 saturated carbocycles. The fraction of sp³-hybridized carbons (Fsp3) is 0.346. The molecule has 12 nitrogen and oxygen atoms in total. The average Bonchev–Trinajstić information content (AvgIpc) is 3.35. The first-order valence-electron chi connectivity index (χ1n) is 12.9. The second kappa shape index (κ2) is 12.0. The van der Waals surface area contributed by atoms with Crippen molar-refractivity contribution in [2.24, 2.45) is 0 Å². The number of piperidine rings is 1. The number of phenols is 1. The van der Waals surface area contributed by atoms with Gasteiger partial charge in [0.2, 0.25) is 17.8 Å². The Labute approximate surface area is 230 Å². The lowest BCUT2D eigenvalue weighted by Gasteiger charge is -2.27. The number of amides is 3. The van der Waals surface area contributed by atoms with Crippen LogP contribution in [0.3, 0.4) is 0 Å². The molecule has 2 aliphatic heterocycles. The molecular weight excluding hydrogens is 522 g/mol. The standard InChI is InChI=1S/C26H30ClN9O3/c27-18-6-4-17(5-7-18)22(38)31-20-9-8-19(16-21(20)37)30-24-32-23(28-10-14-36-15-11-29-26(36)39)33-25(34-24)35-12-2-1-3-13-35/h4-9,16,37H,1-3,10-15H2,(H,29,39)(H,31,38)(H2,28,30,32,33,34). The number of carbonyl (C=O) groups is 2.